The summed E-state index contributed by atoms with van der Waals surface area (Å²) in [6, 6.07) is 16.3. The van der Waals surface area contributed by atoms with Gasteiger partial charge in [-0.15, -0.1) is 0 Å². The number of carbonyl (C=O) groups excluding carboxylic acids is 1. The second-order valence-electron chi connectivity index (χ2n) is 6.86. The normalized spacial score (nSPS) is 11.0. The number of amides is 1. The average molecular weight is 625 g/mol. The zero-order valence-electron chi connectivity index (χ0n) is 17.1. The van der Waals surface area contributed by atoms with Crippen LogP contribution in [0.25, 0.3) is 6.08 Å². The Morgan fingerprint density at radius 1 is 1.03 bits per heavy atom. The highest BCUT2D eigenvalue weighted by Crippen LogP contribution is 2.36. The van der Waals surface area contributed by atoms with Crippen molar-refractivity contribution >= 4 is 78.7 Å². The first-order valence-corrected chi connectivity index (χ1v) is 11.8. The molecule has 10 heteroatoms. The Morgan fingerprint density at radius 3 is 2.24 bits per heavy atom. The van der Waals surface area contributed by atoms with E-state index in [2.05, 4.69) is 37.2 Å². The standard InChI is InChI=1S/C24H14Br2Cl2N2O4/c25-18-8-14(7-16(11-29)23(31)30-17-5-6-20(27)21(28)10-17)9-19(26)22(18)34-12-13-1-3-15(4-2-13)24(32)33/h1-10H,12H2,(H,30,31)(H,32,33)/b16-7+. The third-order valence-corrected chi connectivity index (χ3v) is 6.38. The highest BCUT2D eigenvalue weighted by Gasteiger charge is 2.14. The first-order chi connectivity index (χ1) is 16.2. The van der Waals surface area contributed by atoms with Gasteiger partial charge in [0.2, 0.25) is 0 Å². The summed E-state index contributed by atoms with van der Waals surface area (Å²) in [5.74, 6) is -1.08. The van der Waals surface area contributed by atoms with E-state index in [0.717, 1.165) is 5.56 Å². The first kappa shape index (κ1) is 25.8. The Balaban J connectivity index is 1.75. The third-order valence-electron chi connectivity index (χ3n) is 4.46. The number of hydrogen-bond acceptors (Lipinski definition) is 4. The van der Waals surface area contributed by atoms with Crippen LogP contribution in [-0.2, 0) is 11.4 Å². The summed E-state index contributed by atoms with van der Waals surface area (Å²) in [6.07, 6.45) is 1.44. The predicted octanol–water partition coefficient (Wildman–Crippen LogP) is 7.34. The van der Waals surface area contributed by atoms with Gasteiger partial charge in [-0.25, -0.2) is 4.79 Å². The fraction of sp³-hybridized carbons (Fsp3) is 0.0417. The average Bonchev–Trinajstić information content (AvgIpc) is 2.79. The van der Waals surface area contributed by atoms with Crippen molar-refractivity contribution in [2.45, 2.75) is 6.61 Å². The lowest BCUT2D eigenvalue weighted by molar-refractivity contribution is -0.112. The second kappa shape index (κ2) is 11.5. The first-order valence-electron chi connectivity index (χ1n) is 9.50. The number of rotatable bonds is 7. The van der Waals surface area contributed by atoms with E-state index < -0.39 is 11.9 Å². The molecule has 0 atom stereocenters. The number of carboxylic acids is 1. The third kappa shape index (κ3) is 6.61. The number of hydrogen-bond donors (Lipinski definition) is 2. The summed E-state index contributed by atoms with van der Waals surface area (Å²) in [5.41, 5.74) is 1.86. The molecule has 0 aliphatic heterocycles. The molecule has 3 rings (SSSR count). The zero-order valence-corrected chi connectivity index (χ0v) is 21.8. The van der Waals surface area contributed by atoms with Gasteiger partial charge in [0, 0.05) is 5.69 Å². The number of carboxylic acid groups (broad SMARTS) is 1. The van der Waals surface area contributed by atoms with Crippen LogP contribution in [0.5, 0.6) is 5.75 Å². The number of nitrogens with zero attached hydrogens (tertiary/aromatic N) is 1. The van der Waals surface area contributed by atoms with E-state index in [0.29, 0.717) is 31.0 Å². The van der Waals surface area contributed by atoms with Gasteiger partial charge in [-0.1, -0.05) is 35.3 Å². The minimum Gasteiger partial charge on any atom is -0.487 e. The molecule has 6 nitrogen and oxygen atoms in total. The fourth-order valence-electron chi connectivity index (χ4n) is 2.79. The molecule has 0 aliphatic carbocycles. The van der Waals surface area contributed by atoms with E-state index in [1.165, 1.54) is 24.3 Å². The molecule has 0 fully saturated rings. The molecule has 3 aromatic carbocycles. The highest BCUT2D eigenvalue weighted by atomic mass is 79.9. The van der Waals surface area contributed by atoms with Crippen molar-refractivity contribution in [3.8, 4) is 11.8 Å². The van der Waals surface area contributed by atoms with Gasteiger partial charge in [0.25, 0.3) is 5.91 Å². The molecule has 0 saturated heterocycles. The van der Waals surface area contributed by atoms with Gasteiger partial charge < -0.3 is 15.2 Å². The van der Waals surface area contributed by atoms with E-state index in [4.69, 9.17) is 33.0 Å². The number of aromatic carboxylic acids is 1. The molecule has 172 valence electrons. The summed E-state index contributed by atoms with van der Waals surface area (Å²) in [5, 5.41) is 21.7. The largest absolute Gasteiger partial charge is 0.487 e. The Hall–Kier alpha value is -2.83. The minimum atomic E-state index is -0.996. The molecule has 1 amide bonds. The molecule has 0 saturated carbocycles. The Kier molecular flexibility index (Phi) is 8.75. The number of carbonyl (C=O) groups is 2. The van der Waals surface area contributed by atoms with Gasteiger partial charge in [0.15, 0.2) is 0 Å². The Labute approximate surface area is 222 Å². The van der Waals surface area contributed by atoms with E-state index in [1.807, 2.05) is 6.07 Å². The maximum atomic E-state index is 12.5. The molecule has 34 heavy (non-hydrogen) atoms. The SMILES string of the molecule is N#C/C(=C\c1cc(Br)c(OCc2ccc(C(=O)O)cc2)c(Br)c1)C(=O)Nc1ccc(Cl)c(Cl)c1. The van der Waals surface area contributed by atoms with E-state index in [-0.39, 0.29) is 22.8 Å². The molecular weight excluding hydrogens is 611 g/mol. The van der Waals surface area contributed by atoms with Gasteiger partial charge in [-0.3, -0.25) is 4.79 Å². The van der Waals surface area contributed by atoms with E-state index in [9.17, 15) is 14.9 Å². The number of anilines is 1. The smallest absolute Gasteiger partial charge is 0.335 e. The van der Waals surface area contributed by atoms with Gasteiger partial charge in [0.1, 0.15) is 24.0 Å². The lowest BCUT2D eigenvalue weighted by Crippen LogP contribution is -2.13. The van der Waals surface area contributed by atoms with Crippen molar-refractivity contribution in [3.05, 3.63) is 95.9 Å². The van der Waals surface area contributed by atoms with Crippen LogP contribution in [0, 0.1) is 11.3 Å². The minimum absolute atomic E-state index is 0.114. The molecule has 0 spiro atoms. The number of nitrogens with one attached hydrogen (secondary N) is 1. The van der Waals surface area contributed by atoms with Crippen LogP contribution >= 0.6 is 55.1 Å². The van der Waals surface area contributed by atoms with Crippen molar-refractivity contribution in [3.63, 3.8) is 0 Å². The molecule has 0 bridgehead atoms. The fourth-order valence-corrected chi connectivity index (χ4v) is 4.54. The molecule has 0 heterocycles. The highest BCUT2D eigenvalue weighted by molar-refractivity contribution is 9.11. The molecule has 0 aliphatic rings. The van der Waals surface area contributed by atoms with Crippen LogP contribution in [0.15, 0.2) is 69.1 Å². The maximum Gasteiger partial charge on any atom is 0.335 e. The van der Waals surface area contributed by atoms with Crippen molar-refractivity contribution in [1.82, 2.24) is 0 Å². The van der Waals surface area contributed by atoms with Crippen molar-refractivity contribution in [1.29, 1.82) is 5.26 Å². The van der Waals surface area contributed by atoms with E-state index >= 15 is 0 Å². The lowest BCUT2D eigenvalue weighted by Gasteiger charge is -2.12. The summed E-state index contributed by atoms with van der Waals surface area (Å²) in [6.45, 7) is 0.210. The second-order valence-corrected chi connectivity index (χ2v) is 9.38. The summed E-state index contributed by atoms with van der Waals surface area (Å²) in [7, 11) is 0. The number of halogens is 4. The molecular formula is C24H14Br2Cl2N2O4. The van der Waals surface area contributed by atoms with Gasteiger partial charge >= 0.3 is 5.97 Å². The van der Waals surface area contributed by atoms with Gasteiger partial charge in [-0.2, -0.15) is 5.26 Å². The summed E-state index contributed by atoms with van der Waals surface area (Å²) in [4.78, 5) is 23.5. The van der Waals surface area contributed by atoms with Crippen LogP contribution in [-0.4, -0.2) is 17.0 Å². The maximum absolute atomic E-state index is 12.5. The van der Waals surface area contributed by atoms with Crippen molar-refractivity contribution < 1.29 is 19.4 Å². The molecule has 0 unspecified atom stereocenters. The van der Waals surface area contributed by atoms with Crippen LogP contribution < -0.4 is 10.1 Å². The summed E-state index contributed by atoms with van der Waals surface area (Å²) >= 11 is 18.7. The quantitative estimate of drug-likeness (QED) is 0.212. The predicted molar refractivity (Wildman–Crippen MR) is 138 cm³/mol. The molecule has 3 aromatic rings. The van der Waals surface area contributed by atoms with Crippen LogP contribution in [0.2, 0.25) is 10.0 Å². The summed E-state index contributed by atoms with van der Waals surface area (Å²) < 4.78 is 7.05. The number of nitriles is 1. The zero-order chi connectivity index (χ0) is 24.8. The van der Waals surface area contributed by atoms with Crippen molar-refractivity contribution in [2.75, 3.05) is 5.32 Å². The molecule has 2 N–H and O–H groups in total. The number of ether oxygens (including phenoxy) is 1. The number of benzene rings is 3. The lowest BCUT2D eigenvalue weighted by atomic mass is 10.1. The Bertz CT molecular complexity index is 1310. The van der Waals surface area contributed by atoms with Gasteiger partial charge in [0.05, 0.1) is 24.6 Å². The molecule has 0 radical (unpaired) electrons. The van der Waals surface area contributed by atoms with Crippen LogP contribution in [0.4, 0.5) is 5.69 Å². The van der Waals surface area contributed by atoms with Crippen molar-refractivity contribution in [2.24, 2.45) is 0 Å². The Morgan fingerprint density at radius 2 is 1.68 bits per heavy atom. The van der Waals surface area contributed by atoms with Crippen LogP contribution in [0.3, 0.4) is 0 Å². The topological polar surface area (TPSA) is 99.4 Å². The monoisotopic (exact) mass is 622 g/mol. The van der Waals surface area contributed by atoms with E-state index in [1.54, 1.807) is 36.4 Å². The molecule has 0 aromatic heterocycles. The van der Waals surface area contributed by atoms with Crippen LogP contribution in [0.1, 0.15) is 21.5 Å². The van der Waals surface area contributed by atoms with Gasteiger partial charge in [-0.05, 0) is 91.5 Å².